The number of hydrogen-bond acceptors (Lipinski definition) is 7. The number of esters is 1. The average Bonchev–Trinajstić information content (AvgIpc) is 3.38. The second kappa shape index (κ2) is 9.92. The summed E-state index contributed by atoms with van der Waals surface area (Å²) < 4.78 is 39.5. The first-order valence-corrected chi connectivity index (χ1v) is 15.3. The molecule has 1 saturated heterocycles. The van der Waals surface area contributed by atoms with E-state index in [1.165, 1.54) is 19.1 Å². The number of carbonyl (C=O) groups is 2. The van der Waals surface area contributed by atoms with Gasteiger partial charge in [0.1, 0.15) is 6.17 Å². The number of benzene rings is 1. The number of aliphatic hydroxyl groups is 1. The number of hydroxylamine groups is 2. The molecule has 3 N–H and O–H groups in total. The third-order valence-electron chi connectivity index (χ3n) is 11.3. The van der Waals surface area contributed by atoms with E-state index in [1.807, 2.05) is 19.1 Å². The van der Waals surface area contributed by atoms with Crippen LogP contribution in [0.15, 0.2) is 48.1 Å². The van der Waals surface area contributed by atoms with Crippen molar-refractivity contribution in [3.05, 3.63) is 58.7 Å². The van der Waals surface area contributed by atoms with Crippen molar-refractivity contribution in [2.75, 3.05) is 13.2 Å². The molecule has 9 atom stereocenters. The molecule has 9 unspecified atom stereocenters. The minimum atomic E-state index is -2.37. The number of ether oxygens (including phenoxy) is 1. The second-order valence-electron chi connectivity index (χ2n) is 13.3. The Labute approximate surface area is 250 Å². The zero-order valence-electron chi connectivity index (χ0n) is 24.2. The van der Waals surface area contributed by atoms with Crippen LogP contribution in [0.5, 0.6) is 0 Å². The average molecular weight is 605 g/mol. The molecule has 0 aromatic heterocycles. The van der Waals surface area contributed by atoms with Crippen LogP contribution in [0, 0.1) is 22.7 Å². The molecule has 4 fully saturated rings. The lowest BCUT2D eigenvalue weighted by molar-refractivity contribution is -0.281. The Bertz CT molecular complexity index is 1360. The summed E-state index contributed by atoms with van der Waals surface area (Å²) in [5, 5.41) is 14.1. The number of ketones is 1. The summed E-state index contributed by atoms with van der Waals surface area (Å²) in [4.78, 5) is 32.9. The van der Waals surface area contributed by atoms with Crippen LogP contribution >= 0.6 is 11.6 Å². The number of nitrogens with two attached hydrogens (primary N) is 1. The molecule has 0 spiro atoms. The monoisotopic (exact) mass is 604 g/mol. The summed E-state index contributed by atoms with van der Waals surface area (Å²) in [5.74, 6) is -2.65. The highest BCUT2D eigenvalue weighted by atomic mass is 35.5. The largest absolute Gasteiger partial charge is 0.463 e. The number of unbranched alkanes of at least 4 members (excludes halogenated alkanes) is 1. The number of carbonyl (C=O) groups excluding carboxylic acids is 2. The fourth-order valence-corrected chi connectivity index (χ4v) is 9.19. The summed E-state index contributed by atoms with van der Waals surface area (Å²) >= 11 is 6.07. The summed E-state index contributed by atoms with van der Waals surface area (Å²) in [6.45, 7) is 6.16. The highest BCUT2D eigenvalue weighted by Gasteiger charge is 2.84. The Morgan fingerprint density at radius 2 is 1.98 bits per heavy atom. The first kappa shape index (κ1) is 29.9. The molecule has 1 aliphatic heterocycles. The molecular formula is C32H39ClF2N2O5. The topological polar surface area (TPSA) is 102 Å². The van der Waals surface area contributed by atoms with Gasteiger partial charge in [0.15, 0.2) is 17.1 Å². The molecule has 5 aliphatic rings. The van der Waals surface area contributed by atoms with Crippen LogP contribution in [-0.4, -0.2) is 64.2 Å². The first-order valence-electron chi connectivity index (χ1n) is 14.9. The van der Waals surface area contributed by atoms with Gasteiger partial charge in [0.25, 0.3) is 0 Å². The lowest BCUT2D eigenvalue weighted by atomic mass is 9.42. The smallest absolute Gasteiger partial charge is 0.341 e. The van der Waals surface area contributed by atoms with E-state index in [4.69, 9.17) is 26.9 Å². The van der Waals surface area contributed by atoms with E-state index in [-0.39, 0.29) is 31.4 Å². The quantitative estimate of drug-likeness (QED) is 0.355. The van der Waals surface area contributed by atoms with Crippen molar-refractivity contribution >= 4 is 23.4 Å². The fraction of sp³-hybridized carbons (Fsp3) is 0.625. The lowest BCUT2D eigenvalue weighted by Gasteiger charge is -2.66. The van der Waals surface area contributed by atoms with Gasteiger partial charge in [-0.2, -0.15) is 5.06 Å². The lowest BCUT2D eigenvalue weighted by Crippen LogP contribution is -2.79. The number of hydrogen-bond donors (Lipinski definition) is 2. The van der Waals surface area contributed by atoms with Gasteiger partial charge in [0.05, 0.1) is 12.7 Å². The SMILES string of the molecule is CCCCOC(=O)C12ON(Cc3ccc(Cl)cc3)CC1CC1(N)C3CC(F)C4=CC(=O)C=CC4(C)C3(F)C(O)CC12C. The van der Waals surface area contributed by atoms with Crippen LogP contribution in [0.4, 0.5) is 8.78 Å². The summed E-state index contributed by atoms with van der Waals surface area (Å²) in [6.07, 6.45) is 1.66. The molecule has 7 nitrogen and oxygen atoms in total. The van der Waals surface area contributed by atoms with Gasteiger partial charge in [-0.3, -0.25) is 9.63 Å². The van der Waals surface area contributed by atoms with Crippen LogP contribution in [0.25, 0.3) is 0 Å². The van der Waals surface area contributed by atoms with Crippen molar-refractivity contribution in [3.63, 3.8) is 0 Å². The molecule has 10 heteroatoms. The number of nitrogens with zero attached hydrogens (tertiary/aromatic N) is 1. The molecule has 0 bridgehead atoms. The minimum Gasteiger partial charge on any atom is -0.463 e. The van der Waals surface area contributed by atoms with E-state index in [9.17, 15) is 14.7 Å². The number of aliphatic hydroxyl groups excluding tert-OH is 1. The number of rotatable bonds is 6. The molecule has 228 valence electrons. The zero-order chi connectivity index (χ0) is 30.3. The molecule has 0 amide bonds. The van der Waals surface area contributed by atoms with Crippen LogP contribution in [0.3, 0.4) is 0 Å². The molecule has 1 aromatic rings. The molecule has 3 saturated carbocycles. The summed E-state index contributed by atoms with van der Waals surface area (Å²) in [6, 6.07) is 7.31. The Hall–Kier alpha value is -2.17. The van der Waals surface area contributed by atoms with Gasteiger partial charge in [0, 0.05) is 46.3 Å². The number of allylic oxidation sites excluding steroid dienone is 4. The highest BCUT2D eigenvalue weighted by Crippen LogP contribution is 2.73. The normalized spacial score (nSPS) is 44.2. The Morgan fingerprint density at radius 1 is 1.26 bits per heavy atom. The van der Waals surface area contributed by atoms with Crippen molar-refractivity contribution in [1.82, 2.24) is 5.06 Å². The van der Waals surface area contributed by atoms with Gasteiger partial charge in [-0.15, -0.1) is 0 Å². The summed E-state index contributed by atoms with van der Waals surface area (Å²) in [5.41, 5.74) is -0.0273. The van der Waals surface area contributed by atoms with Gasteiger partial charge < -0.3 is 15.6 Å². The van der Waals surface area contributed by atoms with Crippen molar-refractivity contribution < 1.29 is 33.1 Å². The molecule has 6 rings (SSSR count). The zero-order valence-corrected chi connectivity index (χ0v) is 25.0. The van der Waals surface area contributed by atoms with E-state index in [0.717, 1.165) is 18.1 Å². The van der Waals surface area contributed by atoms with Gasteiger partial charge in [0.2, 0.25) is 0 Å². The van der Waals surface area contributed by atoms with E-state index < -0.39 is 63.5 Å². The number of halogens is 3. The van der Waals surface area contributed by atoms with Crippen LogP contribution < -0.4 is 5.73 Å². The first-order chi connectivity index (χ1) is 19.8. The van der Waals surface area contributed by atoms with E-state index in [0.29, 0.717) is 24.5 Å². The van der Waals surface area contributed by atoms with Gasteiger partial charge in [-0.1, -0.05) is 50.1 Å². The van der Waals surface area contributed by atoms with Crippen molar-refractivity contribution in [2.45, 2.75) is 88.5 Å². The molecule has 1 aromatic carbocycles. The Balaban J connectivity index is 1.42. The Kier molecular flexibility index (Phi) is 7.06. The van der Waals surface area contributed by atoms with Gasteiger partial charge in [-0.25, -0.2) is 13.6 Å². The second-order valence-corrected chi connectivity index (χ2v) is 13.8. The van der Waals surface area contributed by atoms with Crippen LogP contribution in [0.1, 0.15) is 58.4 Å². The summed E-state index contributed by atoms with van der Waals surface area (Å²) in [7, 11) is 0. The molecule has 4 aliphatic carbocycles. The minimum absolute atomic E-state index is 0.0253. The van der Waals surface area contributed by atoms with Crippen molar-refractivity contribution in [3.8, 4) is 0 Å². The van der Waals surface area contributed by atoms with Gasteiger partial charge in [-0.05, 0) is 68.0 Å². The molecule has 42 heavy (non-hydrogen) atoms. The third-order valence-corrected chi connectivity index (χ3v) is 11.5. The highest BCUT2D eigenvalue weighted by molar-refractivity contribution is 6.30. The predicted molar refractivity (Wildman–Crippen MR) is 152 cm³/mol. The third kappa shape index (κ3) is 3.76. The van der Waals surface area contributed by atoms with Crippen molar-refractivity contribution in [1.29, 1.82) is 0 Å². The molecule has 1 heterocycles. The van der Waals surface area contributed by atoms with Crippen LogP contribution in [0.2, 0.25) is 5.02 Å². The maximum absolute atomic E-state index is 17.8. The van der Waals surface area contributed by atoms with Crippen LogP contribution in [-0.2, 0) is 25.7 Å². The van der Waals surface area contributed by atoms with Gasteiger partial charge >= 0.3 is 5.97 Å². The fourth-order valence-electron chi connectivity index (χ4n) is 9.06. The standard InChI is InChI=1S/C32H39ClF2N2O5/c1-4-5-12-41-27(40)32-20(18-37(42-32)17-19-6-8-21(33)9-7-19)15-30(36)25-14-24(34)23-13-22(38)10-11-28(23,2)31(25,35)26(39)16-29(30,32)3/h6-11,13,20,24-26,39H,4-5,12,14-18,36H2,1-3H3. The van der Waals surface area contributed by atoms with E-state index >= 15 is 8.78 Å². The maximum Gasteiger partial charge on any atom is 0.341 e. The van der Waals surface area contributed by atoms with E-state index in [2.05, 4.69) is 0 Å². The Morgan fingerprint density at radius 3 is 2.67 bits per heavy atom. The molecular weight excluding hydrogens is 566 g/mol. The number of alkyl halides is 2. The maximum atomic E-state index is 17.8. The predicted octanol–water partition coefficient (Wildman–Crippen LogP) is 4.80. The molecule has 0 radical (unpaired) electrons. The number of fused-ring (bicyclic) bond motifs is 7. The van der Waals surface area contributed by atoms with E-state index in [1.54, 1.807) is 24.1 Å². The van der Waals surface area contributed by atoms with Crippen molar-refractivity contribution in [2.24, 2.45) is 28.4 Å².